The second-order valence-electron chi connectivity index (χ2n) is 6.79. The number of hydrogen-bond donors (Lipinski definition) is 0. The van der Waals surface area contributed by atoms with Crippen LogP contribution in [0.15, 0.2) is 59.0 Å². The van der Waals surface area contributed by atoms with Gasteiger partial charge >= 0.3 is 0 Å². The van der Waals surface area contributed by atoms with E-state index in [0.29, 0.717) is 23.9 Å². The van der Waals surface area contributed by atoms with Crippen LogP contribution in [0, 0.1) is 5.82 Å². The minimum atomic E-state index is -0.295. The Bertz CT molecular complexity index is 901. The van der Waals surface area contributed by atoms with E-state index >= 15 is 0 Å². The van der Waals surface area contributed by atoms with E-state index < -0.39 is 0 Å². The fraction of sp³-hybridized carbons (Fsp3) is 0.286. The van der Waals surface area contributed by atoms with Crippen molar-refractivity contribution in [2.45, 2.75) is 18.8 Å². The van der Waals surface area contributed by atoms with Crippen LogP contribution in [-0.2, 0) is 0 Å². The number of piperidine rings is 1. The molecule has 27 heavy (non-hydrogen) atoms. The number of carbonyl (C=O) groups is 1. The summed E-state index contributed by atoms with van der Waals surface area (Å²) in [6.45, 7) is 2.07. The van der Waals surface area contributed by atoms with Gasteiger partial charge in [0.15, 0.2) is 5.78 Å². The van der Waals surface area contributed by atoms with Gasteiger partial charge in [-0.25, -0.2) is 4.39 Å². The van der Waals surface area contributed by atoms with E-state index in [1.807, 2.05) is 30.3 Å². The number of hydrogen-bond acceptors (Lipinski definition) is 5. The molecule has 0 aliphatic carbocycles. The number of benzene rings is 2. The summed E-state index contributed by atoms with van der Waals surface area (Å²) in [7, 11) is 0. The highest BCUT2D eigenvalue weighted by atomic mass is 19.1. The zero-order valence-corrected chi connectivity index (χ0v) is 14.8. The molecule has 1 fully saturated rings. The summed E-state index contributed by atoms with van der Waals surface area (Å²) in [5.74, 6) is 1.06. The third-order valence-corrected chi connectivity index (χ3v) is 4.93. The van der Waals surface area contributed by atoms with Crippen LogP contribution in [0.2, 0.25) is 0 Å². The maximum atomic E-state index is 13.0. The van der Waals surface area contributed by atoms with Gasteiger partial charge in [0.05, 0.1) is 6.54 Å². The molecule has 0 N–H and O–H groups in total. The second kappa shape index (κ2) is 7.80. The third kappa shape index (κ3) is 4.11. The molecule has 2 heterocycles. The van der Waals surface area contributed by atoms with Gasteiger partial charge in [-0.1, -0.05) is 30.3 Å². The second-order valence-corrected chi connectivity index (χ2v) is 6.79. The minimum absolute atomic E-state index is 0.144. The Balaban J connectivity index is 1.34. The lowest BCUT2D eigenvalue weighted by Gasteiger charge is -2.29. The van der Waals surface area contributed by atoms with Crippen LogP contribution in [-0.4, -0.2) is 40.5 Å². The van der Waals surface area contributed by atoms with E-state index in [2.05, 4.69) is 15.1 Å². The fourth-order valence-electron chi connectivity index (χ4n) is 3.37. The Morgan fingerprint density at radius 2 is 1.74 bits per heavy atom. The van der Waals surface area contributed by atoms with Crippen molar-refractivity contribution in [1.82, 2.24) is 15.1 Å². The number of halogens is 1. The first-order valence-electron chi connectivity index (χ1n) is 9.09. The maximum absolute atomic E-state index is 13.0. The Morgan fingerprint density at radius 3 is 2.44 bits per heavy atom. The number of rotatable bonds is 5. The first-order valence-corrected chi connectivity index (χ1v) is 9.09. The molecule has 2 aromatic carbocycles. The number of Topliss-reactive ketones (excluding diaryl/α,β-unsaturated/α-hetero) is 1. The van der Waals surface area contributed by atoms with Crippen molar-refractivity contribution >= 4 is 5.78 Å². The Kier molecular flexibility index (Phi) is 5.07. The molecule has 0 atom stereocenters. The normalized spacial score (nSPS) is 15.7. The molecule has 4 rings (SSSR count). The van der Waals surface area contributed by atoms with Gasteiger partial charge in [-0.2, -0.15) is 0 Å². The van der Waals surface area contributed by atoms with E-state index in [4.69, 9.17) is 4.42 Å². The van der Waals surface area contributed by atoms with Crippen molar-refractivity contribution < 1.29 is 13.6 Å². The van der Waals surface area contributed by atoms with E-state index in [-0.39, 0.29) is 17.5 Å². The van der Waals surface area contributed by atoms with Crippen molar-refractivity contribution in [3.05, 3.63) is 71.9 Å². The summed E-state index contributed by atoms with van der Waals surface area (Å²) in [6, 6.07) is 15.4. The average Bonchev–Trinajstić information content (AvgIpc) is 3.20. The lowest BCUT2D eigenvalue weighted by molar-refractivity contribution is 0.0906. The van der Waals surface area contributed by atoms with E-state index in [1.165, 1.54) is 12.1 Å². The quantitative estimate of drug-likeness (QED) is 0.641. The Hall–Kier alpha value is -2.86. The maximum Gasteiger partial charge on any atom is 0.247 e. The molecule has 5 nitrogen and oxygen atoms in total. The number of nitrogens with zero attached hydrogens (tertiary/aromatic N) is 3. The third-order valence-electron chi connectivity index (χ3n) is 4.93. The number of ketones is 1. The highest BCUT2D eigenvalue weighted by molar-refractivity contribution is 5.97. The fourth-order valence-corrected chi connectivity index (χ4v) is 3.37. The van der Waals surface area contributed by atoms with Crippen LogP contribution in [0.4, 0.5) is 4.39 Å². The summed E-state index contributed by atoms with van der Waals surface area (Å²) in [6.07, 6.45) is 1.74. The van der Waals surface area contributed by atoms with Crippen LogP contribution in [0.1, 0.15) is 35.0 Å². The highest BCUT2D eigenvalue weighted by Crippen LogP contribution is 2.29. The summed E-state index contributed by atoms with van der Waals surface area (Å²) in [4.78, 5) is 14.5. The highest BCUT2D eigenvalue weighted by Gasteiger charge is 2.26. The molecule has 0 amide bonds. The van der Waals surface area contributed by atoms with Crippen molar-refractivity contribution in [3.63, 3.8) is 0 Å². The number of aromatic nitrogens is 2. The molecule has 1 aliphatic rings. The molecule has 6 heteroatoms. The van der Waals surface area contributed by atoms with Crippen LogP contribution in [0.3, 0.4) is 0 Å². The van der Waals surface area contributed by atoms with Crippen molar-refractivity contribution in [2.75, 3.05) is 19.6 Å². The predicted octanol–water partition coefficient (Wildman–Crippen LogP) is 3.94. The van der Waals surface area contributed by atoms with Crippen molar-refractivity contribution in [2.24, 2.45) is 0 Å². The van der Waals surface area contributed by atoms with Gasteiger partial charge in [0.2, 0.25) is 11.8 Å². The van der Waals surface area contributed by atoms with Crippen LogP contribution in [0.25, 0.3) is 11.5 Å². The molecule has 0 radical (unpaired) electrons. The monoisotopic (exact) mass is 365 g/mol. The van der Waals surface area contributed by atoms with E-state index in [1.54, 1.807) is 12.1 Å². The first-order chi connectivity index (χ1) is 13.2. The number of carbonyl (C=O) groups excluding carboxylic acids is 1. The molecule has 1 aromatic heterocycles. The van der Waals surface area contributed by atoms with Gasteiger partial charge in [0.25, 0.3) is 0 Å². The van der Waals surface area contributed by atoms with Crippen molar-refractivity contribution in [1.29, 1.82) is 0 Å². The molecule has 138 valence electrons. The molecule has 3 aromatic rings. The standard InChI is InChI=1S/C21H20FN3O2/c22-18-8-6-16(7-9-18)20-23-24-21(27-20)17-10-12-25(13-11-17)14-19(26)15-4-2-1-3-5-15/h1-9,17H,10-14H2. The lowest BCUT2D eigenvalue weighted by Crippen LogP contribution is -2.36. The molecule has 0 saturated carbocycles. The summed E-state index contributed by atoms with van der Waals surface area (Å²) < 4.78 is 18.8. The first kappa shape index (κ1) is 17.5. The smallest absolute Gasteiger partial charge is 0.247 e. The molecule has 0 unspecified atom stereocenters. The molecule has 1 aliphatic heterocycles. The van der Waals surface area contributed by atoms with Crippen LogP contribution < -0.4 is 0 Å². The molecular formula is C21H20FN3O2. The van der Waals surface area contributed by atoms with Gasteiger partial charge in [0.1, 0.15) is 5.82 Å². The predicted molar refractivity (Wildman–Crippen MR) is 98.9 cm³/mol. The van der Waals surface area contributed by atoms with Crippen LogP contribution in [0.5, 0.6) is 0 Å². The molecule has 1 saturated heterocycles. The lowest BCUT2D eigenvalue weighted by atomic mass is 9.96. The van der Waals surface area contributed by atoms with Gasteiger partial charge in [-0.05, 0) is 50.2 Å². The van der Waals surface area contributed by atoms with Crippen LogP contribution >= 0.6 is 0 Å². The number of likely N-dealkylation sites (tertiary alicyclic amines) is 1. The van der Waals surface area contributed by atoms with Gasteiger partial charge in [0, 0.05) is 17.0 Å². The molecular weight excluding hydrogens is 345 g/mol. The Morgan fingerprint density at radius 1 is 1.04 bits per heavy atom. The van der Waals surface area contributed by atoms with Gasteiger partial charge in [-0.3, -0.25) is 9.69 Å². The SMILES string of the molecule is O=C(CN1CCC(c2nnc(-c3ccc(F)cc3)o2)CC1)c1ccccc1. The van der Waals surface area contributed by atoms with E-state index in [9.17, 15) is 9.18 Å². The van der Waals surface area contributed by atoms with Crippen molar-refractivity contribution in [3.8, 4) is 11.5 Å². The van der Waals surface area contributed by atoms with E-state index in [0.717, 1.165) is 31.5 Å². The average molecular weight is 365 g/mol. The van der Waals surface area contributed by atoms with Gasteiger partial charge < -0.3 is 4.42 Å². The zero-order chi connectivity index (χ0) is 18.6. The molecule has 0 spiro atoms. The largest absolute Gasteiger partial charge is 0.420 e. The summed E-state index contributed by atoms with van der Waals surface area (Å²) in [5, 5.41) is 8.27. The minimum Gasteiger partial charge on any atom is -0.420 e. The topological polar surface area (TPSA) is 59.2 Å². The Labute approximate surface area is 156 Å². The van der Waals surface area contributed by atoms with Gasteiger partial charge in [-0.15, -0.1) is 10.2 Å². The molecule has 0 bridgehead atoms. The summed E-state index contributed by atoms with van der Waals surface area (Å²) >= 11 is 0. The zero-order valence-electron chi connectivity index (χ0n) is 14.8. The summed E-state index contributed by atoms with van der Waals surface area (Å²) in [5.41, 5.74) is 1.46.